The van der Waals surface area contributed by atoms with Crippen molar-refractivity contribution in [2.75, 3.05) is 11.3 Å². The van der Waals surface area contributed by atoms with Crippen molar-refractivity contribution in [3.8, 4) is 17.1 Å². The highest BCUT2D eigenvalue weighted by atomic mass is 32.2. The standard InChI is InChI=1S/C25H30N4OS/c1-16(2)11-20-15-30-23-13-22(24-17(3)7-5-8-18(24)4)27-25(28-23)29-31-21-10-6-9-19(12-21)14-26-20/h5-10,12-13,16,20,26H,11,14-15H2,1-4H3,(H,27,28,29)/t20-/m1/s1. The zero-order valence-corrected chi connectivity index (χ0v) is 19.4. The lowest BCUT2D eigenvalue weighted by atomic mass is 10.00. The van der Waals surface area contributed by atoms with Gasteiger partial charge in [0.25, 0.3) is 0 Å². The zero-order chi connectivity index (χ0) is 21.8. The molecule has 162 valence electrons. The molecule has 0 aliphatic carbocycles. The highest BCUT2D eigenvalue weighted by Gasteiger charge is 2.16. The Morgan fingerprint density at radius 1 is 1.06 bits per heavy atom. The van der Waals surface area contributed by atoms with Gasteiger partial charge in [-0.2, -0.15) is 4.98 Å². The number of hydrogen-bond acceptors (Lipinski definition) is 6. The predicted molar refractivity (Wildman–Crippen MR) is 128 cm³/mol. The van der Waals surface area contributed by atoms with Crippen LogP contribution in [0.2, 0.25) is 0 Å². The second-order valence-electron chi connectivity index (χ2n) is 8.55. The molecule has 4 bridgehead atoms. The Bertz CT molecular complexity index is 1030. The van der Waals surface area contributed by atoms with E-state index in [1.165, 1.54) is 28.6 Å². The third-order valence-electron chi connectivity index (χ3n) is 5.38. The van der Waals surface area contributed by atoms with Crippen molar-refractivity contribution in [3.05, 3.63) is 65.2 Å². The van der Waals surface area contributed by atoms with E-state index in [-0.39, 0.29) is 6.04 Å². The number of aromatic nitrogens is 2. The minimum atomic E-state index is 0.243. The molecular formula is C25H30N4OS. The number of ether oxygens (including phenoxy) is 1. The first-order chi connectivity index (χ1) is 15.0. The fourth-order valence-electron chi connectivity index (χ4n) is 3.94. The number of nitrogens with zero attached hydrogens (tertiary/aromatic N) is 2. The summed E-state index contributed by atoms with van der Waals surface area (Å²) < 4.78 is 9.53. The van der Waals surface area contributed by atoms with E-state index < -0.39 is 0 Å². The highest BCUT2D eigenvalue weighted by molar-refractivity contribution is 8.00. The van der Waals surface area contributed by atoms with Crippen molar-refractivity contribution in [2.24, 2.45) is 5.92 Å². The maximum Gasteiger partial charge on any atom is 0.237 e. The van der Waals surface area contributed by atoms with Gasteiger partial charge in [0.1, 0.15) is 6.61 Å². The minimum absolute atomic E-state index is 0.243. The van der Waals surface area contributed by atoms with Crippen molar-refractivity contribution in [2.45, 2.75) is 51.6 Å². The largest absolute Gasteiger partial charge is 0.476 e. The van der Waals surface area contributed by atoms with E-state index in [0.717, 1.165) is 29.1 Å². The molecule has 2 aromatic carbocycles. The number of aryl methyl sites for hydroxylation is 2. The summed E-state index contributed by atoms with van der Waals surface area (Å²) in [5, 5.41) is 3.67. The summed E-state index contributed by atoms with van der Waals surface area (Å²) in [4.78, 5) is 10.6. The molecule has 31 heavy (non-hydrogen) atoms. The Kier molecular flexibility index (Phi) is 6.78. The van der Waals surface area contributed by atoms with E-state index in [2.05, 4.69) is 85.2 Å². The average Bonchev–Trinajstić information content (AvgIpc) is 2.74. The summed E-state index contributed by atoms with van der Waals surface area (Å²) in [7, 11) is 0. The summed E-state index contributed by atoms with van der Waals surface area (Å²) in [5.74, 6) is 1.72. The molecule has 1 aromatic heterocycles. The van der Waals surface area contributed by atoms with Crippen LogP contribution in [-0.2, 0) is 6.54 Å². The quantitative estimate of drug-likeness (QED) is 0.510. The van der Waals surface area contributed by atoms with Gasteiger partial charge < -0.3 is 10.1 Å². The molecule has 0 amide bonds. The van der Waals surface area contributed by atoms with Gasteiger partial charge in [0.05, 0.1) is 5.69 Å². The third-order valence-corrected chi connectivity index (χ3v) is 6.16. The molecule has 1 aliphatic heterocycles. The molecular weight excluding hydrogens is 404 g/mol. The normalized spacial score (nSPS) is 16.5. The molecule has 0 fully saturated rings. The maximum absolute atomic E-state index is 6.21. The molecule has 0 saturated carbocycles. The topological polar surface area (TPSA) is 59.1 Å². The van der Waals surface area contributed by atoms with E-state index in [9.17, 15) is 0 Å². The SMILES string of the molecule is Cc1cccc(C)c1-c1cc2nc(n1)NSc1cccc(c1)CN[C@H](CC(C)C)CO2. The van der Waals surface area contributed by atoms with Crippen LogP contribution in [0.4, 0.5) is 5.95 Å². The molecule has 0 radical (unpaired) electrons. The van der Waals surface area contributed by atoms with Gasteiger partial charge in [0.2, 0.25) is 11.8 Å². The Labute approximate surface area is 189 Å². The van der Waals surface area contributed by atoms with E-state index in [4.69, 9.17) is 9.72 Å². The van der Waals surface area contributed by atoms with Gasteiger partial charge in [-0.1, -0.05) is 44.2 Å². The lowest BCUT2D eigenvalue weighted by molar-refractivity contribution is 0.236. The molecule has 3 aromatic rings. The van der Waals surface area contributed by atoms with Crippen molar-refractivity contribution < 1.29 is 4.74 Å². The van der Waals surface area contributed by atoms with E-state index >= 15 is 0 Å². The number of anilines is 1. The Morgan fingerprint density at radius 3 is 2.61 bits per heavy atom. The van der Waals surface area contributed by atoms with Crippen LogP contribution in [0.15, 0.2) is 53.4 Å². The smallest absolute Gasteiger partial charge is 0.237 e. The van der Waals surface area contributed by atoms with E-state index in [1.54, 1.807) is 0 Å². The number of fused-ring (bicyclic) bond motifs is 4. The fraction of sp³-hybridized carbons (Fsp3) is 0.360. The number of hydrogen-bond donors (Lipinski definition) is 2. The van der Waals surface area contributed by atoms with Crippen LogP contribution >= 0.6 is 11.9 Å². The molecule has 0 unspecified atom stereocenters. The molecule has 1 atom stereocenters. The van der Waals surface area contributed by atoms with Gasteiger partial charge in [0.15, 0.2) is 0 Å². The first kappa shape index (κ1) is 21.7. The molecule has 1 aliphatic rings. The van der Waals surface area contributed by atoms with E-state index in [1.807, 2.05) is 6.07 Å². The van der Waals surface area contributed by atoms with Crippen LogP contribution in [0.3, 0.4) is 0 Å². The van der Waals surface area contributed by atoms with Gasteiger partial charge in [0, 0.05) is 29.1 Å². The Morgan fingerprint density at radius 2 is 1.84 bits per heavy atom. The highest BCUT2D eigenvalue weighted by Crippen LogP contribution is 2.30. The molecule has 4 rings (SSSR count). The molecule has 5 nitrogen and oxygen atoms in total. The van der Waals surface area contributed by atoms with Crippen LogP contribution in [0.5, 0.6) is 5.88 Å². The van der Waals surface area contributed by atoms with Crippen molar-refractivity contribution in [1.29, 1.82) is 0 Å². The molecule has 2 N–H and O–H groups in total. The Hall–Kier alpha value is -2.57. The zero-order valence-electron chi connectivity index (χ0n) is 18.6. The van der Waals surface area contributed by atoms with Gasteiger partial charge in [-0.3, -0.25) is 4.72 Å². The summed E-state index contributed by atoms with van der Waals surface area (Å²) in [6.07, 6.45) is 1.04. The molecule has 6 heteroatoms. The molecule has 2 heterocycles. The monoisotopic (exact) mass is 434 g/mol. The van der Waals surface area contributed by atoms with Crippen molar-refractivity contribution >= 4 is 17.9 Å². The van der Waals surface area contributed by atoms with Gasteiger partial charge in [-0.25, -0.2) is 4.98 Å². The third kappa shape index (κ3) is 5.57. The summed E-state index contributed by atoms with van der Waals surface area (Å²) in [5.41, 5.74) is 5.64. The number of nitrogens with one attached hydrogen (secondary N) is 2. The van der Waals surface area contributed by atoms with Crippen LogP contribution in [0, 0.1) is 19.8 Å². The minimum Gasteiger partial charge on any atom is -0.476 e. The fourth-order valence-corrected chi connectivity index (χ4v) is 4.60. The molecule has 0 saturated heterocycles. The predicted octanol–water partition coefficient (Wildman–Crippen LogP) is 5.78. The maximum atomic E-state index is 6.21. The first-order valence-corrected chi connectivity index (χ1v) is 11.6. The van der Waals surface area contributed by atoms with Crippen LogP contribution < -0.4 is 14.8 Å². The lowest BCUT2D eigenvalue weighted by Gasteiger charge is -2.21. The molecule has 0 spiro atoms. The summed E-state index contributed by atoms with van der Waals surface area (Å²) >= 11 is 1.52. The number of rotatable bonds is 3. The van der Waals surface area contributed by atoms with Crippen LogP contribution in [0.1, 0.15) is 37.0 Å². The van der Waals surface area contributed by atoms with Gasteiger partial charge in [-0.15, -0.1) is 0 Å². The Balaban J connectivity index is 1.73. The second-order valence-corrected chi connectivity index (χ2v) is 9.43. The average molecular weight is 435 g/mol. The summed E-state index contributed by atoms with van der Waals surface area (Å²) in [6.45, 7) is 10.1. The van der Waals surface area contributed by atoms with Crippen LogP contribution in [0.25, 0.3) is 11.3 Å². The number of benzene rings is 2. The van der Waals surface area contributed by atoms with Crippen molar-refractivity contribution in [3.63, 3.8) is 0 Å². The van der Waals surface area contributed by atoms with Gasteiger partial charge >= 0.3 is 0 Å². The van der Waals surface area contributed by atoms with Gasteiger partial charge in [-0.05, 0) is 67.0 Å². The first-order valence-electron chi connectivity index (χ1n) is 10.8. The second kappa shape index (κ2) is 9.71. The lowest BCUT2D eigenvalue weighted by Crippen LogP contribution is -2.35. The van der Waals surface area contributed by atoms with Crippen molar-refractivity contribution in [1.82, 2.24) is 15.3 Å². The summed E-state index contributed by atoms with van der Waals surface area (Å²) in [6, 6.07) is 17.0. The van der Waals surface area contributed by atoms with Crippen LogP contribution in [-0.4, -0.2) is 22.6 Å². The van der Waals surface area contributed by atoms with E-state index in [0.29, 0.717) is 24.4 Å².